The summed E-state index contributed by atoms with van der Waals surface area (Å²) < 4.78 is 42.7. The summed E-state index contributed by atoms with van der Waals surface area (Å²) >= 11 is 0. The van der Waals surface area contributed by atoms with E-state index in [0.717, 1.165) is 68.2 Å². The number of fused-ring (bicyclic) bond motifs is 5. The Balaban J connectivity index is 0.000000118. The average molecular weight is 1840 g/mol. The van der Waals surface area contributed by atoms with Crippen LogP contribution in [0.1, 0.15) is 185 Å². The van der Waals surface area contributed by atoms with E-state index in [1.165, 1.54) is 24.5 Å². The molecule has 16 heterocycles. The van der Waals surface area contributed by atoms with Gasteiger partial charge in [0, 0.05) is 136 Å². The predicted molar refractivity (Wildman–Crippen MR) is 509 cm³/mol. The number of amides is 4. The molecule has 3 N–H and O–H groups in total. The molecule has 5 aliphatic rings. The zero-order chi connectivity index (χ0) is 96.2. The second kappa shape index (κ2) is 37.0. The lowest BCUT2D eigenvalue weighted by Gasteiger charge is -2.16. The quantitative estimate of drug-likeness (QED) is 0.0633. The number of benzene rings is 6. The molecule has 17 aromatic rings. The molecule has 0 spiro atoms. The standard InChI is InChI=1S/C27H22N4O3.C26H21FN8O.C26H23N5O3.C25H20FN5O3/c1-16(2)30-11-10-28-25(30)23-4-3-5-24(29-23)31-14-19-8-6-17(12-21(19)26(31)32)18-7-9-20-15-34-27(33)22(20)13-18;1-15(2)34-11-10-28-25(34)22-4-3-5-23(29-22)35-14-18-7-6-16(12-20(18)26(35)36)19-13-17(8-9-21(19)27)24-30-32-33-31-24;1-15(2)30-12-11-28-24(30)21-5-4-6-22(29-21)31-14-18-8-7-17(13-20(18)25(31)32)23-16(3)19(26(33)34)9-10-27-23;1-14(2)30-11-10-28-23(30)19-4-3-5-20(29-19)31-13-16-7-6-15(12-18(16)24(31)32)22-21(26)17(25(33)34)8-9-27-22/h3-13,16H,14-15H2,1-2H3;3-13,15H,14H2,1-2H3,(H,30,31,32,33);4-13,15H,14H2,1-3H3,(H,33,34);3-12,14H,13H2,1-2H3,(H,33,34). The number of carbonyl (C=O) groups excluding carboxylic acids is 5. The number of carbonyl (C=O) groups is 7. The van der Waals surface area contributed by atoms with Gasteiger partial charge < -0.3 is 33.2 Å². The molecule has 686 valence electrons. The Morgan fingerprint density at radius 2 is 0.710 bits per heavy atom. The third kappa shape index (κ3) is 17.1. The number of H-pyrrole nitrogens is 1. The molecule has 0 saturated carbocycles. The van der Waals surface area contributed by atoms with Crippen molar-refractivity contribution in [3.05, 3.63) is 340 Å². The Morgan fingerprint density at radius 1 is 0.370 bits per heavy atom. The largest absolute Gasteiger partial charge is 0.478 e. The molecule has 5 aliphatic heterocycles. The first kappa shape index (κ1) is 89.5. The number of aromatic carboxylic acids is 2. The van der Waals surface area contributed by atoms with Gasteiger partial charge in [0.05, 0.1) is 48.6 Å². The first-order valence-corrected chi connectivity index (χ1v) is 44.4. The lowest BCUT2D eigenvalue weighted by molar-refractivity contribution is 0.0533. The monoisotopic (exact) mass is 1840 g/mol. The average Bonchev–Trinajstić information content (AvgIpc) is 1.63. The maximum Gasteiger partial charge on any atom is 0.338 e. The molecule has 6 aromatic carbocycles. The van der Waals surface area contributed by atoms with Gasteiger partial charge >= 0.3 is 17.9 Å². The summed E-state index contributed by atoms with van der Waals surface area (Å²) in [6.45, 7) is 20.2. The maximum atomic E-state index is 14.8. The van der Waals surface area contributed by atoms with E-state index < -0.39 is 29.1 Å². The van der Waals surface area contributed by atoms with Crippen molar-refractivity contribution in [2.24, 2.45) is 0 Å². The van der Waals surface area contributed by atoms with Crippen LogP contribution in [-0.4, -0.2) is 140 Å². The van der Waals surface area contributed by atoms with Gasteiger partial charge in [-0.15, -0.1) is 10.2 Å². The summed E-state index contributed by atoms with van der Waals surface area (Å²) in [5.74, 6) is 0.799. The molecular weight excluding hydrogens is 1760 g/mol. The minimum absolute atomic E-state index is 0.0886. The second-order valence-electron chi connectivity index (χ2n) is 34.4. The number of halogens is 2. The molecule has 138 heavy (non-hydrogen) atoms. The van der Waals surface area contributed by atoms with Crippen LogP contribution in [0, 0.1) is 18.6 Å². The summed E-state index contributed by atoms with van der Waals surface area (Å²) in [7, 11) is 0. The molecule has 11 aromatic heterocycles. The number of pyridine rings is 6. The molecule has 4 amide bonds. The first-order valence-electron chi connectivity index (χ1n) is 44.4. The Morgan fingerprint density at radius 3 is 1.10 bits per heavy atom. The fraction of sp³-hybridized carbons (Fsp3) is 0.173. The van der Waals surface area contributed by atoms with E-state index in [1.807, 2.05) is 166 Å². The Labute approximate surface area is 787 Å². The van der Waals surface area contributed by atoms with Crippen LogP contribution >= 0.6 is 0 Å². The Bertz CT molecular complexity index is 7530. The number of anilines is 4. The number of cyclic esters (lactones) is 1. The SMILES string of the molecule is CC(C)n1ccnc1-c1cccc(N2Cc3ccc(-c4cc(-c5nn[nH]n5)ccc4F)cc3C2=O)n1.CC(C)n1ccnc1-c1cccc(N2Cc3ccc(-c4ccc5c(c4)C(=O)OC5)cc3C2=O)n1.CC(C)n1ccnc1-c1cccc(N2Cc3ccc(-c4nccc(C(=O)O)c4F)cc3C2=O)n1.Cc1c(C(=O)O)ccnc1-c1ccc2c(c1)C(=O)N(c1cccc(-c3nccn3C(C)C)n1)C2. The van der Waals surface area contributed by atoms with Crippen LogP contribution in [0.15, 0.2) is 256 Å². The van der Waals surface area contributed by atoms with Gasteiger partial charge in [-0.2, -0.15) is 5.21 Å². The van der Waals surface area contributed by atoms with Crippen molar-refractivity contribution in [1.82, 2.24) is 88.7 Å². The normalized spacial score (nSPS) is 13.3. The fourth-order valence-corrected chi connectivity index (χ4v) is 17.4. The van der Waals surface area contributed by atoms with Gasteiger partial charge in [0.1, 0.15) is 64.2 Å². The maximum absolute atomic E-state index is 14.8. The van der Waals surface area contributed by atoms with Crippen LogP contribution in [0.5, 0.6) is 0 Å². The topological polar surface area (TPSA) is 385 Å². The Hall–Kier alpha value is -17.7. The van der Waals surface area contributed by atoms with Gasteiger partial charge in [-0.1, -0.05) is 84.9 Å². The van der Waals surface area contributed by atoms with Crippen LogP contribution in [0.4, 0.5) is 32.1 Å². The lowest BCUT2D eigenvalue weighted by atomic mass is 9.97. The number of imidazole rings is 4. The zero-order valence-corrected chi connectivity index (χ0v) is 75.9. The number of hydrogen-bond donors (Lipinski definition) is 3. The highest BCUT2D eigenvalue weighted by molar-refractivity contribution is 6.13. The number of tetrazole rings is 1. The van der Waals surface area contributed by atoms with E-state index >= 15 is 0 Å². The first-order chi connectivity index (χ1) is 66.7. The molecular formula is C104H86F2N22O10. The molecule has 22 rings (SSSR count). The van der Waals surface area contributed by atoms with E-state index in [-0.39, 0.29) is 65.0 Å². The number of carboxylic acid groups (broad SMARTS) is 2. The highest BCUT2D eigenvalue weighted by Gasteiger charge is 2.37. The highest BCUT2D eigenvalue weighted by atomic mass is 19.1. The summed E-state index contributed by atoms with van der Waals surface area (Å²) in [6, 6.07) is 57.8. The number of rotatable bonds is 19. The number of hydrogen-bond acceptors (Lipinski definition) is 21. The molecule has 32 nitrogen and oxygen atoms in total. The summed E-state index contributed by atoms with van der Waals surface area (Å²) in [6.07, 6.45) is 17.3. The van der Waals surface area contributed by atoms with Gasteiger partial charge in [-0.25, -0.2) is 63.0 Å². The van der Waals surface area contributed by atoms with Crippen LogP contribution in [0.25, 0.3) is 102 Å². The third-order valence-electron chi connectivity index (χ3n) is 24.5. The van der Waals surface area contributed by atoms with Gasteiger partial charge in [-0.05, 0) is 221 Å². The number of nitrogens with one attached hydrogen (secondary N) is 1. The number of esters is 1. The van der Waals surface area contributed by atoms with E-state index in [9.17, 15) is 52.6 Å². The minimum Gasteiger partial charge on any atom is -0.478 e. The Kier molecular flexibility index (Phi) is 24.0. The number of aromatic nitrogens is 18. The van der Waals surface area contributed by atoms with Crippen molar-refractivity contribution in [2.45, 2.75) is 119 Å². The van der Waals surface area contributed by atoms with Crippen LogP contribution in [0.2, 0.25) is 0 Å². The van der Waals surface area contributed by atoms with E-state index in [4.69, 9.17) is 19.7 Å². The van der Waals surface area contributed by atoms with Crippen molar-refractivity contribution in [1.29, 1.82) is 0 Å². The number of ether oxygens (including phenoxy) is 1. The smallest absolute Gasteiger partial charge is 0.338 e. The number of nitrogens with zero attached hydrogens (tertiary/aromatic N) is 21. The lowest BCUT2D eigenvalue weighted by Crippen LogP contribution is -2.24. The van der Waals surface area contributed by atoms with Crippen LogP contribution < -0.4 is 19.6 Å². The van der Waals surface area contributed by atoms with Crippen molar-refractivity contribution < 1.29 is 57.3 Å². The summed E-state index contributed by atoms with van der Waals surface area (Å²) in [5, 5.41) is 32.5. The van der Waals surface area contributed by atoms with E-state index in [2.05, 4.69) is 115 Å². The molecule has 0 unspecified atom stereocenters. The number of aromatic amines is 1. The molecule has 0 radical (unpaired) electrons. The van der Waals surface area contributed by atoms with Crippen LogP contribution in [-0.2, 0) is 37.5 Å². The molecule has 0 bridgehead atoms. The van der Waals surface area contributed by atoms with Gasteiger partial charge in [-0.3, -0.25) is 48.7 Å². The van der Waals surface area contributed by atoms with E-state index in [0.29, 0.717) is 152 Å². The molecule has 0 atom stereocenters. The van der Waals surface area contributed by atoms with Crippen molar-refractivity contribution in [2.75, 3.05) is 19.6 Å². The molecule has 0 fully saturated rings. The molecule has 34 heteroatoms. The van der Waals surface area contributed by atoms with Gasteiger partial charge in [0.25, 0.3) is 23.6 Å². The highest BCUT2D eigenvalue weighted by Crippen LogP contribution is 2.41. The van der Waals surface area contributed by atoms with Crippen molar-refractivity contribution in [3.8, 4) is 102 Å². The zero-order valence-electron chi connectivity index (χ0n) is 75.9. The summed E-state index contributed by atoms with van der Waals surface area (Å²) in [5.41, 5.74) is 14.9. The molecule has 0 aliphatic carbocycles. The van der Waals surface area contributed by atoms with Crippen LogP contribution in [0.3, 0.4) is 0 Å². The third-order valence-corrected chi connectivity index (χ3v) is 24.5. The van der Waals surface area contributed by atoms with E-state index in [1.54, 1.807) is 99.8 Å². The molecule has 0 saturated heterocycles. The second-order valence-corrected chi connectivity index (χ2v) is 34.4. The van der Waals surface area contributed by atoms with Crippen molar-refractivity contribution in [3.63, 3.8) is 0 Å². The van der Waals surface area contributed by atoms with Gasteiger partial charge in [0.15, 0.2) is 29.1 Å². The van der Waals surface area contributed by atoms with Crippen molar-refractivity contribution >= 4 is 64.8 Å². The minimum atomic E-state index is -1.38. The summed E-state index contributed by atoms with van der Waals surface area (Å²) in [4.78, 5) is 140. The van der Waals surface area contributed by atoms with Gasteiger partial charge in [0.2, 0.25) is 5.82 Å². The fourth-order valence-electron chi connectivity index (χ4n) is 17.4. The predicted octanol–water partition coefficient (Wildman–Crippen LogP) is 19.0. The number of carboxylic acids is 2.